The molecular weight excluding hydrogens is 434 g/mol. The number of pyridine rings is 1. The highest BCUT2D eigenvalue weighted by Crippen LogP contribution is 2.32. The monoisotopic (exact) mass is 457 g/mol. The summed E-state index contributed by atoms with van der Waals surface area (Å²) in [5.41, 5.74) is 8.81. The third-order valence-electron chi connectivity index (χ3n) is 5.62. The summed E-state index contributed by atoms with van der Waals surface area (Å²) in [7, 11) is 0. The van der Waals surface area contributed by atoms with E-state index in [1.54, 1.807) is 11.5 Å². The second-order valence-electron chi connectivity index (χ2n) is 8.13. The van der Waals surface area contributed by atoms with Crippen LogP contribution in [0.4, 0.5) is 11.6 Å². The molecule has 0 saturated heterocycles. The van der Waals surface area contributed by atoms with Gasteiger partial charge in [-0.1, -0.05) is 18.2 Å². The average molecular weight is 457 g/mol. The van der Waals surface area contributed by atoms with Gasteiger partial charge in [-0.3, -0.25) is 14.5 Å². The number of anilines is 2. The second-order valence-corrected chi connectivity index (χ2v) is 8.13. The summed E-state index contributed by atoms with van der Waals surface area (Å²) in [6, 6.07) is 9.21. The van der Waals surface area contributed by atoms with E-state index in [0.717, 1.165) is 16.6 Å². The number of benzene rings is 1. The van der Waals surface area contributed by atoms with E-state index < -0.39 is 0 Å². The molecule has 0 fully saturated rings. The predicted molar refractivity (Wildman–Crippen MR) is 128 cm³/mol. The highest BCUT2D eigenvalue weighted by molar-refractivity contribution is 5.86. The zero-order chi connectivity index (χ0) is 24.0. The summed E-state index contributed by atoms with van der Waals surface area (Å²) in [5, 5.41) is 20.0. The van der Waals surface area contributed by atoms with Gasteiger partial charge in [-0.15, -0.1) is 10.2 Å². The van der Waals surface area contributed by atoms with Crippen molar-refractivity contribution in [3.63, 3.8) is 0 Å². The molecule has 0 amide bonds. The number of H-pyrrole nitrogens is 1. The number of aromatic nitrogens is 7. The van der Waals surface area contributed by atoms with Crippen LogP contribution in [0.3, 0.4) is 0 Å². The maximum Gasteiger partial charge on any atom is 0.264 e. The third-order valence-corrected chi connectivity index (χ3v) is 5.62. The van der Waals surface area contributed by atoms with E-state index in [9.17, 15) is 4.79 Å². The molecule has 4 heterocycles. The van der Waals surface area contributed by atoms with Gasteiger partial charge in [0.2, 0.25) is 5.89 Å². The molecule has 1 aromatic carbocycles. The number of hydrogen-bond acceptors (Lipinski definition) is 9. The first-order chi connectivity index (χ1) is 16.3. The fourth-order valence-corrected chi connectivity index (χ4v) is 4.03. The zero-order valence-electron chi connectivity index (χ0n) is 19.1. The summed E-state index contributed by atoms with van der Waals surface area (Å²) in [5.74, 6) is 1.71. The predicted octanol–water partition coefficient (Wildman–Crippen LogP) is 3.23. The standard InChI is InChI=1S/C23H23N9O2/c1-11-6-5-7-15-9-16(32(23(33)18(11)15)17-8-12(2)28-30-17)13(3)27-21-19(20(24)25-10-26-21)22-31-29-14(4)34-22/h5-10,13H,1-4H3,(H,28,30)(H3,24,25,26,27)/t13-/m0/s1. The third kappa shape index (κ3) is 3.56. The van der Waals surface area contributed by atoms with Gasteiger partial charge in [-0.2, -0.15) is 5.10 Å². The number of hydrogen-bond donors (Lipinski definition) is 3. The van der Waals surface area contributed by atoms with Gasteiger partial charge in [-0.25, -0.2) is 9.97 Å². The average Bonchev–Trinajstić information content (AvgIpc) is 3.41. The van der Waals surface area contributed by atoms with Crippen molar-refractivity contribution in [2.75, 3.05) is 11.1 Å². The summed E-state index contributed by atoms with van der Waals surface area (Å²) in [6.07, 6.45) is 1.35. The van der Waals surface area contributed by atoms with Crippen LogP contribution in [0, 0.1) is 20.8 Å². The number of rotatable bonds is 5. The molecule has 0 aliphatic carbocycles. The van der Waals surface area contributed by atoms with Gasteiger partial charge in [-0.05, 0) is 37.8 Å². The van der Waals surface area contributed by atoms with Crippen LogP contribution in [0.5, 0.6) is 0 Å². The molecule has 4 N–H and O–H groups in total. The van der Waals surface area contributed by atoms with Gasteiger partial charge < -0.3 is 15.5 Å². The van der Waals surface area contributed by atoms with Crippen molar-refractivity contribution in [1.82, 2.24) is 34.9 Å². The minimum absolute atomic E-state index is 0.152. The molecule has 0 aliphatic heterocycles. The molecule has 0 unspecified atom stereocenters. The first kappa shape index (κ1) is 21.3. The van der Waals surface area contributed by atoms with Crippen LogP contribution in [0.1, 0.15) is 35.8 Å². The molecule has 4 aromatic heterocycles. The van der Waals surface area contributed by atoms with E-state index in [1.807, 2.05) is 51.1 Å². The molecule has 0 aliphatic rings. The van der Waals surface area contributed by atoms with Gasteiger partial charge in [0.15, 0.2) is 5.82 Å². The van der Waals surface area contributed by atoms with Gasteiger partial charge in [0.25, 0.3) is 11.4 Å². The van der Waals surface area contributed by atoms with Crippen molar-refractivity contribution in [3.8, 4) is 17.3 Å². The Hall–Kier alpha value is -4.54. The van der Waals surface area contributed by atoms with Crippen molar-refractivity contribution >= 4 is 22.4 Å². The Morgan fingerprint density at radius 1 is 1.15 bits per heavy atom. The number of nitrogens with one attached hydrogen (secondary N) is 2. The Morgan fingerprint density at radius 3 is 2.68 bits per heavy atom. The molecule has 0 radical (unpaired) electrons. The Balaban J connectivity index is 1.67. The lowest BCUT2D eigenvalue weighted by Gasteiger charge is -2.21. The molecular formula is C23H23N9O2. The summed E-state index contributed by atoms with van der Waals surface area (Å²) in [4.78, 5) is 22.1. The minimum Gasteiger partial charge on any atom is -0.421 e. The fraction of sp³-hybridized carbons (Fsp3) is 0.217. The van der Waals surface area contributed by atoms with E-state index in [2.05, 4.69) is 35.7 Å². The van der Waals surface area contributed by atoms with Crippen LogP contribution in [-0.2, 0) is 0 Å². The van der Waals surface area contributed by atoms with Crippen molar-refractivity contribution < 1.29 is 4.42 Å². The van der Waals surface area contributed by atoms with Crippen LogP contribution in [0.2, 0.25) is 0 Å². The zero-order valence-corrected chi connectivity index (χ0v) is 19.1. The van der Waals surface area contributed by atoms with Crippen LogP contribution in [-0.4, -0.2) is 34.9 Å². The maximum atomic E-state index is 13.7. The molecule has 34 heavy (non-hydrogen) atoms. The first-order valence-corrected chi connectivity index (χ1v) is 10.7. The fourth-order valence-electron chi connectivity index (χ4n) is 4.03. The van der Waals surface area contributed by atoms with E-state index in [1.165, 1.54) is 6.33 Å². The van der Waals surface area contributed by atoms with Gasteiger partial charge in [0.05, 0.1) is 17.1 Å². The number of fused-ring (bicyclic) bond motifs is 1. The number of nitrogens with two attached hydrogens (primary N) is 1. The topological polar surface area (TPSA) is 153 Å². The van der Waals surface area contributed by atoms with E-state index in [-0.39, 0.29) is 23.3 Å². The Labute approximate surface area is 194 Å². The number of nitrogens with zero attached hydrogens (tertiary/aromatic N) is 6. The Bertz CT molecular complexity index is 1580. The molecule has 172 valence electrons. The van der Waals surface area contributed by atoms with E-state index >= 15 is 0 Å². The van der Waals surface area contributed by atoms with E-state index in [4.69, 9.17) is 10.2 Å². The van der Waals surface area contributed by atoms with Crippen molar-refractivity contribution in [1.29, 1.82) is 0 Å². The molecule has 1 atom stereocenters. The molecule has 5 aromatic rings. The lowest BCUT2D eigenvalue weighted by Crippen LogP contribution is -2.26. The molecule has 5 rings (SSSR count). The van der Waals surface area contributed by atoms with Crippen LogP contribution >= 0.6 is 0 Å². The first-order valence-electron chi connectivity index (χ1n) is 10.7. The summed E-state index contributed by atoms with van der Waals surface area (Å²) >= 11 is 0. The molecule has 0 saturated carbocycles. The normalized spacial score (nSPS) is 12.2. The van der Waals surface area contributed by atoms with Crippen LogP contribution in [0.15, 0.2) is 45.9 Å². The lowest BCUT2D eigenvalue weighted by molar-refractivity contribution is 0.532. The van der Waals surface area contributed by atoms with Crippen LogP contribution in [0.25, 0.3) is 28.0 Å². The highest BCUT2D eigenvalue weighted by Gasteiger charge is 2.23. The lowest BCUT2D eigenvalue weighted by atomic mass is 10.0. The smallest absolute Gasteiger partial charge is 0.264 e. The van der Waals surface area contributed by atoms with Gasteiger partial charge >= 0.3 is 0 Å². The second kappa shape index (κ2) is 8.10. The quantitative estimate of drug-likeness (QED) is 0.361. The van der Waals surface area contributed by atoms with Gasteiger partial charge in [0.1, 0.15) is 23.5 Å². The number of nitrogen functional groups attached to an aromatic ring is 1. The van der Waals surface area contributed by atoms with E-state index in [0.29, 0.717) is 34.2 Å². The number of aromatic amines is 1. The summed E-state index contributed by atoms with van der Waals surface area (Å²) in [6.45, 7) is 7.42. The molecule has 11 heteroatoms. The number of aryl methyl sites for hydroxylation is 3. The van der Waals surface area contributed by atoms with Gasteiger partial charge in [0, 0.05) is 18.7 Å². The largest absolute Gasteiger partial charge is 0.421 e. The SMILES string of the molecule is Cc1cc(-n2c([C@H](C)Nc3ncnc(N)c3-c3nnc(C)o3)cc3cccc(C)c3c2=O)n[nH]1. The van der Waals surface area contributed by atoms with Crippen molar-refractivity contribution in [2.24, 2.45) is 0 Å². The summed E-state index contributed by atoms with van der Waals surface area (Å²) < 4.78 is 7.18. The van der Waals surface area contributed by atoms with Crippen molar-refractivity contribution in [2.45, 2.75) is 33.7 Å². The maximum absolute atomic E-state index is 13.7. The van der Waals surface area contributed by atoms with Crippen molar-refractivity contribution in [3.05, 3.63) is 69.9 Å². The minimum atomic E-state index is -0.383. The molecule has 0 spiro atoms. The molecule has 0 bridgehead atoms. The Kier molecular flexibility index (Phi) is 5.08. The molecule has 11 nitrogen and oxygen atoms in total. The van der Waals surface area contributed by atoms with Crippen LogP contribution < -0.4 is 16.6 Å². The highest BCUT2D eigenvalue weighted by atomic mass is 16.4. The Morgan fingerprint density at radius 2 is 1.97 bits per heavy atom.